The molecule has 0 saturated heterocycles. The van der Waals surface area contributed by atoms with Crippen molar-refractivity contribution in [2.75, 3.05) is 13.1 Å². The van der Waals surface area contributed by atoms with Gasteiger partial charge in [0.05, 0.1) is 22.5 Å². The van der Waals surface area contributed by atoms with E-state index < -0.39 is 10.0 Å². The third-order valence-electron chi connectivity index (χ3n) is 4.93. The highest BCUT2D eigenvalue weighted by Gasteiger charge is 2.26. The van der Waals surface area contributed by atoms with E-state index in [-0.39, 0.29) is 29.5 Å². The van der Waals surface area contributed by atoms with Crippen LogP contribution in [0.4, 0.5) is 0 Å². The molecule has 0 radical (unpaired) electrons. The number of ketones is 1. The second-order valence-electron chi connectivity index (χ2n) is 6.77. The average molecular weight is 401 g/mol. The Labute approximate surface area is 163 Å². The van der Waals surface area contributed by atoms with E-state index in [4.69, 9.17) is 0 Å². The molecule has 7 nitrogen and oxygen atoms in total. The molecular formula is C20H23N3O4S. The van der Waals surface area contributed by atoms with Gasteiger partial charge in [-0.25, -0.2) is 13.2 Å². The Bertz CT molecular complexity index is 1200. The van der Waals surface area contributed by atoms with Gasteiger partial charge in [-0.15, -0.1) is 0 Å². The molecule has 1 heterocycles. The number of imidazole rings is 1. The van der Waals surface area contributed by atoms with E-state index in [1.54, 1.807) is 39.2 Å². The summed E-state index contributed by atoms with van der Waals surface area (Å²) in [5.41, 5.74) is 2.43. The Hall–Kier alpha value is -2.71. The molecule has 3 rings (SSSR count). The van der Waals surface area contributed by atoms with E-state index in [0.717, 1.165) is 9.87 Å². The number of carbonyl (C=O) groups is 1. The SMILES string of the molecule is CCN(CC(=O)c1ccc(C)cc1)S(=O)(=O)c1ccc2c(c1)n(C)c(=O)n2C. The predicted molar refractivity (Wildman–Crippen MR) is 108 cm³/mol. The van der Waals surface area contributed by atoms with Crippen molar-refractivity contribution >= 4 is 26.8 Å². The van der Waals surface area contributed by atoms with Gasteiger partial charge in [0, 0.05) is 26.2 Å². The molecule has 0 aliphatic rings. The molecule has 0 aliphatic heterocycles. The lowest BCUT2D eigenvalue weighted by atomic mass is 10.1. The number of likely N-dealkylation sites (N-methyl/N-ethyl adjacent to an activating group) is 1. The van der Waals surface area contributed by atoms with E-state index in [2.05, 4.69) is 0 Å². The standard InChI is InChI=1S/C20H23N3O4S/c1-5-23(13-19(24)15-8-6-14(2)7-9-15)28(26,27)16-10-11-17-18(12-16)22(4)20(25)21(17)3/h6-12H,5,13H2,1-4H3. The Morgan fingerprint density at radius 3 is 2.21 bits per heavy atom. The van der Waals surface area contributed by atoms with Gasteiger partial charge in [0.2, 0.25) is 10.0 Å². The van der Waals surface area contributed by atoms with Crippen LogP contribution in [0.2, 0.25) is 0 Å². The lowest BCUT2D eigenvalue weighted by Crippen LogP contribution is -2.35. The van der Waals surface area contributed by atoms with Gasteiger partial charge in [0.25, 0.3) is 0 Å². The molecule has 0 saturated carbocycles. The zero-order valence-corrected chi connectivity index (χ0v) is 17.2. The van der Waals surface area contributed by atoms with Crippen molar-refractivity contribution in [2.24, 2.45) is 14.1 Å². The van der Waals surface area contributed by atoms with E-state index >= 15 is 0 Å². The third kappa shape index (κ3) is 3.41. The largest absolute Gasteiger partial charge is 0.328 e. The molecule has 0 amide bonds. The van der Waals surface area contributed by atoms with Crippen LogP contribution in [-0.2, 0) is 24.1 Å². The molecular weight excluding hydrogens is 378 g/mol. The van der Waals surface area contributed by atoms with Crippen molar-refractivity contribution in [2.45, 2.75) is 18.7 Å². The van der Waals surface area contributed by atoms with Crippen LogP contribution in [0.3, 0.4) is 0 Å². The highest BCUT2D eigenvalue weighted by molar-refractivity contribution is 7.89. The monoisotopic (exact) mass is 401 g/mol. The zero-order chi connectivity index (χ0) is 20.6. The molecule has 0 bridgehead atoms. The van der Waals surface area contributed by atoms with E-state index in [1.807, 2.05) is 19.1 Å². The van der Waals surface area contributed by atoms with Crippen LogP contribution in [0.15, 0.2) is 52.2 Å². The molecule has 0 N–H and O–H groups in total. The first-order chi connectivity index (χ1) is 13.2. The first-order valence-electron chi connectivity index (χ1n) is 8.92. The molecule has 2 aromatic carbocycles. The molecule has 0 aliphatic carbocycles. The molecule has 148 valence electrons. The highest BCUT2D eigenvalue weighted by Crippen LogP contribution is 2.21. The van der Waals surface area contributed by atoms with Crippen molar-refractivity contribution in [3.63, 3.8) is 0 Å². The summed E-state index contributed by atoms with van der Waals surface area (Å²) in [6.07, 6.45) is 0. The Morgan fingerprint density at radius 1 is 1.00 bits per heavy atom. The van der Waals surface area contributed by atoms with Crippen LogP contribution in [0.1, 0.15) is 22.8 Å². The maximum absolute atomic E-state index is 13.1. The second kappa shape index (κ2) is 7.37. The average Bonchev–Trinajstić information content (AvgIpc) is 2.90. The van der Waals surface area contributed by atoms with Crippen LogP contribution < -0.4 is 5.69 Å². The maximum atomic E-state index is 13.1. The first kappa shape index (κ1) is 20.0. The van der Waals surface area contributed by atoms with Crippen molar-refractivity contribution < 1.29 is 13.2 Å². The number of fused-ring (bicyclic) bond motifs is 1. The van der Waals surface area contributed by atoms with Crippen LogP contribution in [0.25, 0.3) is 11.0 Å². The summed E-state index contributed by atoms with van der Waals surface area (Å²) in [6, 6.07) is 11.6. The summed E-state index contributed by atoms with van der Waals surface area (Å²) in [6.45, 7) is 3.53. The molecule has 8 heteroatoms. The lowest BCUT2D eigenvalue weighted by Gasteiger charge is -2.20. The van der Waals surface area contributed by atoms with E-state index in [9.17, 15) is 18.0 Å². The van der Waals surface area contributed by atoms with Gasteiger partial charge in [0.15, 0.2) is 5.78 Å². The molecule has 0 atom stereocenters. The quantitative estimate of drug-likeness (QED) is 0.592. The third-order valence-corrected chi connectivity index (χ3v) is 6.84. The number of nitrogens with zero attached hydrogens (tertiary/aromatic N) is 3. The fraction of sp³-hybridized carbons (Fsp3) is 0.300. The smallest absolute Gasteiger partial charge is 0.295 e. The van der Waals surface area contributed by atoms with Crippen molar-refractivity contribution in [3.8, 4) is 0 Å². The minimum Gasteiger partial charge on any atom is -0.295 e. The van der Waals surface area contributed by atoms with Gasteiger partial charge in [0.1, 0.15) is 0 Å². The minimum absolute atomic E-state index is 0.0553. The van der Waals surface area contributed by atoms with Crippen molar-refractivity contribution in [1.82, 2.24) is 13.4 Å². The number of sulfonamides is 1. The molecule has 0 fully saturated rings. The van der Waals surface area contributed by atoms with Crippen molar-refractivity contribution in [1.29, 1.82) is 0 Å². The fourth-order valence-electron chi connectivity index (χ4n) is 3.15. The Morgan fingerprint density at radius 2 is 1.61 bits per heavy atom. The van der Waals surface area contributed by atoms with Gasteiger partial charge >= 0.3 is 5.69 Å². The molecule has 28 heavy (non-hydrogen) atoms. The minimum atomic E-state index is -3.89. The van der Waals surface area contributed by atoms with Gasteiger partial charge in [-0.2, -0.15) is 4.31 Å². The number of aromatic nitrogens is 2. The summed E-state index contributed by atoms with van der Waals surface area (Å²) in [4.78, 5) is 24.7. The Balaban J connectivity index is 1.96. The predicted octanol–water partition coefficient (Wildman–Crippen LogP) is 2.08. The highest BCUT2D eigenvalue weighted by atomic mass is 32.2. The number of hydrogen-bond acceptors (Lipinski definition) is 4. The number of Topliss-reactive ketones (excluding diaryl/α,β-unsaturated/α-hetero) is 1. The van der Waals surface area contributed by atoms with Gasteiger partial charge in [-0.1, -0.05) is 36.8 Å². The molecule has 1 aromatic heterocycles. The topological polar surface area (TPSA) is 81.4 Å². The van der Waals surface area contributed by atoms with Gasteiger partial charge < -0.3 is 0 Å². The summed E-state index contributed by atoms with van der Waals surface area (Å²) < 4.78 is 30.2. The molecule has 0 unspecified atom stereocenters. The number of benzene rings is 2. The summed E-state index contributed by atoms with van der Waals surface area (Å²) in [5, 5.41) is 0. The number of aryl methyl sites for hydroxylation is 3. The van der Waals surface area contributed by atoms with Crippen LogP contribution >= 0.6 is 0 Å². The lowest BCUT2D eigenvalue weighted by molar-refractivity contribution is 0.0967. The Kier molecular flexibility index (Phi) is 5.27. The first-order valence-corrected chi connectivity index (χ1v) is 10.4. The van der Waals surface area contributed by atoms with Crippen LogP contribution in [0.5, 0.6) is 0 Å². The number of rotatable bonds is 6. The summed E-state index contributed by atoms with van der Waals surface area (Å²) in [7, 11) is -0.653. The van der Waals surface area contributed by atoms with Crippen LogP contribution in [-0.4, -0.2) is 40.7 Å². The second-order valence-corrected chi connectivity index (χ2v) is 8.71. The number of carbonyl (C=O) groups excluding carboxylic acids is 1. The van der Waals surface area contributed by atoms with E-state index in [0.29, 0.717) is 16.6 Å². The van der Waals surface area contributed by atoms with Crippen LogP contribution in [0, 0.1) is 6.92 Å². The number of hydrogen-bond donors (Lipinski definition) is 0. The fourth-order valence-corrected chi connectivity index (χ4v) is 4.58. The molecule has 3 aromatic rings. The molecule has 0 spiro atoms. The van der Waals surface area contributed by atoms with Gasteiger partial charge in [-0.05, 0) is 25.1 Å². The summed E-state index contributed by atoms with van der Waals surface area (Å²) >= 11 is 0. The van der Waals surface area contributed by atoms with Gasteiger partial charge in [-0.3, -0.25) is 13.9 Å². The summed E-state index contributed by atoms with van der Waals surface area (Å²) in [5.74, 6) is -0.265. The van der Waals surface area contributed by atoms with E-state index in [1.165, 1.54) is 21.3 Å². The maximum Gasteiger partial charge on any atom is 0.328 e. The van der Waals surface area contributed by atoms with Crippen molar-refractivity contribution in [3.05, 3.63) is 64.1 Å². The normalized spacial score (nSPS) is 12.0. The zero-order valence-electron chi connectivity index (χ0n) is 16.3.